The summed E-state index contributed by atoms with van der Waals surface area (Å²) in [6, 6.07) is 82.8. The van der Waals surface area contributed by atoms with Crippen LogP contribution in [0.15, 0.2) is 242 Å². The van der Waals surface area contributed by atoms with Gasteiger partial charge in [0.1, 0.15) is 0 Å². The lowest BCUT2D eigenvalue weighted by Gasteiger charge is -2.38. The van der Waals surface area contributed by atoms with E-state index in [9.17, 15) is 0 Å². The van der Waals surface area contributed by atoms with E-state index in [1.54, 1.807) is 0 Å². The molecular weight excluding hydrogens is 1020 g/mol. The molecule has 2 saturated heterocycles. The fourth-order valence-corrected chi connectivity index (χ4v) is 15.1. The molecule has 0 radical (unpaired) electrons. The molecular formula is C79H77N5. The third-order valence-corrected chi connectivity index (χ3v) is 19.3. The van der Waals surface area contributed by atoms with Gasteiger partial charge in [-0.05, 0) is 194 Å². The SMILES string of the molecule is C=C(C)CC(CCC(=C)c1cc(C2CCC(c3ccccc3)CN2C)cc(-n2c3ccccc3c3c4c5ccccc5n(-c5cc(C6CCC(c7ccccc7)C=N6)cc(C6CCC(c7ccccc7)CN6)c5)c4ccc32)c1)c1ccccc1. The molecule has 3 aliphatic rings. The molecule has 5 heterocycles. The molecule has 7 atom stereocenters. The Balaban J connectivity index is 0.897. The van der Waals surface area contributed by atoms with E-state index in [-0.39, 0.29) is 18.1 Å². The van der Waals surface area contributed by atoms with Gasteiger partial charge in [0.25, 0.3) is 0 Å². The number of likely N-dealkylation sites (N-methyl/N-ethyl adjacent to an activating group) is 1. The average Bonchev–Trinajstić information content (AvgIpc) is 1.75. The summed E-state index contributed by atoms with van der Waals surface area (Å²) in [6.07, 6.45) is 11.6. The van der Waals surface area contributed by atoms with Crippen LogP contribution in [0.1, 0.15) is 151 Å². The van der Waals surface area contributed by atoms with Crippen molar-refractivity contribution in [2.45, 2.75) is 107 Å². The number of aliphatic imine (C=N–C) groups is 1. The monoisotopic (exact) mass is 1100 g/mol. The molecule has 11 aromatic rings. The smallest absolute Gasteiger partial charge is 0.0746 e. The number of para-hydroxylation sites is 2. The first-order valence-corrected chi connectivity index (χ1v) is 31.0. The number of piperidine rings is 2. The van der Waals surface area contributed by atoms with Crippen molar-refractivity contribution < 1.29 is 0 Å². The van der Waals surface area contributed by atoms with E-state index >= 15 is 0 Å². The molecule has 9 aromatic carbocycles. The summed E-state index contributed by atoms with van der Waals surface area (Å²) in [5.74, 6) is 1.72. The van der Waals surface area contributed by atoms with Crippen molar-refractivity contribution in [1.82, 2.24) is 19.4 Å². The first kappa shape index (κ1) is 53.6. The number of likely N-dealkylation sites (tertiary alicyclic amines) is 1. The minimum absolute atomic E-state index is 0.0825. The van der Waals surface area contributed by atoms with Gasteiger partial charge < -0.3 is 14.5 Å². The third-order valence-electron chi connectivity index (χ3n) is 19.3. The Labute approximate surface area is 496 Å². The number of rotatable bonds is 15. The number of hydrogen-bond donors (Lipinski definition) is 1. The summed E-state index contributed by atoms with van der Waals surface area (Å²) < 4.78 is 5.14. The first-order valence-electron chi connectivity index (χ1n) is 31.0. The zero-order chi connectivity index (χ0) is 56.7. The van der Waals surface area contributed by atoms with E-state index < -0.39 is 0 Å². The number of benzene rings is 9. The van der Waals surface area contributed by atoms with E-state index in [0.717, 1.165) is 70.9 Å². The van der Waals surface area contributed by atoms with Crippen LogP contribution in [0.4, 0.5) is 0 Å². The van der Waals surface area contributed by atoms with Crippen molar-refractivity contribution in [3.8, 4) is 11.4 Å². The predicted octanol–water partition coefficient (Wildman–Crippen LogP) is 19.9. The molecule has 1 N–H and O–H groups in total. The maximum atomic E-state index is 5.39. The minimum Gasteiger partial charge on any atom is -0.309 e. The third kappa shape index (κ3) is 10.5. The van der Waals surface area contributed by atoms with Gasteiger partial charge in [0, 0.05) is 70.2 Å². The highest BCUT2D eigenvalue weighted by Gasteiger charge is 2.31. The van der Waals surface area contributed by atoms with Crippen molar-refractivity contribution >= 4 is 55.4 Å². The van der Waals surface area contributed by atoms with E-state index in [1.165, 1.54) is 111 Å². The Morgan fingerprint density at radius 3 is 1.68 bits per heavy atom. The van der Waals surface area contributed by atoms with Crippen molar-refractivity contribution in [3.63, 3.8) is 0 Å². The summed E-state index contributed by atoms with van der Waals surface area (Å²) >= 11 is 0. The summed E-state index contributed by atoms with van der Waals surface area (Å²) in [6.45, 7) is 13.4. The number of fused-ring (bicyclic) bond motifs is 7. The van der Waals surface area contributed by atoms with Crippen LogP contribution in [-0.2, 0) is 0 Å². The summed E-state index contributed by atoms with van der Waals surface area (Å²) in [7, 11) is 2.34. The molecule has 7 unspecified atom stereocenters. The summed E-state index contributed by atoms with van der Waals surface area (Å²) in [4.78, 5) is 8.01. The Hall–Kier alpha value is -8.35. The number of hydrogen-bond acceptors (Lipinski definition) is 3. The Kier molecular flexibility index (Phi) is 14.9. The maximum Gasteiger partial charge on any atom is 0.0746 e. The molecule has 2 fully saturated rings. The first-order chi connectivity index (χ1) is 41.3. The quantitative estimate of drug-likeness (QED) is 0.104. The number of aromatic nitrogens is 2. The van der Waals surface area contributed by atoms with Crippen LogP contribution in [0, 0.1) is 0 Å². The second-order valence-electron chi connectivity index (χ2n) is 24.8. The molecule has 2 aromatic heterocycles. The van der Waals surface area contributed by atoms with Gasteiger partial charge in [0.2, 0.25) is 0 Å². The van der Waals surface area contributed by atoms with Gasteiger partial charge in [-0.25, -0.2) is 0 Å². The second kappa shape index (κ2) is 23.4. The Morgan fingerprint density at radius 1 is 0.524 bits per heavy atom. The highest BCUT2D eigenvalue weighted by atomic mass is 15.1. The van der Waals surface area contributed by atoms with Gasteiger partial charge in [-0.3, -0.25) is 9.89 Å². The second-order valence-corrected chi connectivity index (χ2v) is 24.8. The lowest BCUT2D eigenvalue weighted by Crippen LogP contribution is -2.34. The predicted molar refractivity (Wildman–Crippen MR) is 355 cm³/mol. The number of nitrogens with one attached hydrogen (secondary N) is 1. The van der Waals surface area contributed by atoms with Gasteiger partial charge in [0.15, 0.2) is 0 Å². The van der Waals surface area contributed by atoms with Gasteiger partial charge >= 0.3 is 0 Å². The zero-order valence-corrected chi connectivity index (χ0v) is 48.9. The molecule has 0 aliphatic carbocycles. The van der Waals surface area contributed by atoms with Crippen LogP contribution in [0.2, 0.25) is 0 Å². The van der Waals surface area contributed by atoms with Crippen molar-refractivity contribution in [1.29, 1.82) is 0 Å². The standard InChI is InChI=1S/C79H77N5/c1-53(2)43-59(55-21-9-5-10-22-55)34-33-54(3)63-44-66(73-40-37-62(52-82(73)4)58-27-15-8-16-28-58)49-67(46-63)83-74-31-19-17-29-69(74)78-76(83)41-42-77-79(78)70-30-18-20-32-75(70)84(77)68-47-64(71-38-35-60(50-80-71)56-23-11-6-12-24-56)45-65(48-68)72-39-36-61(51-81-72)57-25-13-7-14-26-57/h5-32,41-42,44-50,59-62,71-73,81H,1,3,33-40,43,51-52H2,2,4H3. The molecule has 3 aliphatic heterocycles. The zero-order valence-electron chi connectivity index (χ0n) is 48.9. The fourth-order valence-electron chi connectivity index (χ4n) is 15.1. The van der Waals surface area contributed by atoms with Crippen LogP contribution in [0.5, 0.6) is 0 Å². The molecule has 418 valence electrons. The minimum atomic E-state index is 0.0825. The van der Waals surface area contributed by atoms with E-state index in [0.29, 0.717) is 23.7 Å². The topological polar surface area (TPSA) is 37.5 Å². The molecule has 84 heavy (non-hydrogen) atoms. The molecule has 5 nitrogen and oxygen atoms in total. The van der Waals surface area contributed by atoms with Gasteiger partial charge in [-0.15, -0.1) is 6.58 Å². The van der Waals surface area contributed by atoms with Crippen molar-refractivity contribution in [3.05, 3.63) is 282 Å². The molecule has 0 saturated carbocycles. The van der Waals surface area contributed by atoms with Crippen LogP contribution in [0.25, 0.3) is 60.6 Å². The van der Waals surface area contributed by atoms with Crippen molar-refractivity contribution in [2.24, 2.45) is 4.99 Å². The molecule has 5 heteroatoms. The van der Waals surface area contributed by atoms with E-state index in [2.05, 4.69) is 265 Å². The van der Waals surface area contributed by atoms with Gasteiger partial charge in [-0.1, -0.05) is 176 Å². The Bertz CT molecular complexity index is 4200. The highest BCUT2D eigenvalue weighted by Crippen LogP contribution is 2.46. The lowest BCUT2D eigenvalue weighted by molar-refractivity contribution is 0.168. The maximum absolute atomic E-state index is 5.39. The Morgan fingerprint density at radius 2 is 1.08 bits per heavy atom. The summed E-state index contributed by atoms with van der Waals surface area (Å²) in [5.41, 5.74) is 20.5. The van der Waals surface area contributed by atoms with Gasteiger partial charge in [0.05, 0.1) is 28.1 Å². The largest absolute Gasteiger partial charge is 0.309 e. The van der Waals surface area contributed by atoms with Crippen molar-refractivity contribution in [2.75, 3.05) is 20.1 Å². The fraction of sp³-hybridized carbons (Fsp3) is 0.253. The molecule has 0 bridgehead atoms. The van der Waals surface area contributed by atoms with E-state index in [4.69, 9.17) is 11.6 Å². The molecule has 0 amide bonds. The number of nitrogens with zero attached hydrogens (tertiary/aromatic N) is 4. The lowest BCUT2D eigenvalue weighted by atomic mass is 9.84. The van der Waals surface area contributed by atoms with Gasteiger partial charge in [-0.2, -0.15) is 0 Å². The molecule has 0 spiro atoms. The van der Waals surface area contributed by atoms with Crippen LogP contribution >= 0.6 is 0 Å². The molecule has 14 rings (SSSR count). The summed E-state index contributed by atoms with van der Waals surface area (Å²) in [5, 5.41) is 9.16. The number of allylic oxidation sites excluding steroid dienone is 2. The van der Waals surface area contributed by atoms with E-state index in [1.807, 2.05) is 0 Å². The normalized spacial score (nSPS) is 20.6. The average molecular weight is 1100 g/mol. The highest BCUT2D eigenvalue weighted by molar-refractivity contribution is 6.29. The van der Waals surface area contributed by atoms with Crippen LogP contribution in [0.3, 0.4) is 0 Å². The van der Waals surface area contributed by atoms with Crippen LogP contribution in [-0.4, -0.2) is 40.4 Å². The van der Waals surface area contributed by atoms with Crippen LogP contribution < -0.4 is 5.32 Å².